The molecule has 0 spiro atoms. The van der Waals surface area contributed by atoms with Gasteiger partial charge in [-0.2, -0.15) is 11.8 Å². The van der Waals surface area contributed by atoms with Crippen molar-refractivity contribution in [1.29, 1.82) is 0 Å². The van der Waals surface area contributed by atoms with E-state index in [-0.39, 0.29) is 37.2 Å². The number of carbonyl (C=O) groups is 2. The van der Waals surface area contributed by atoms with Crippen molar-refractivity contribution in [3.05, 3.63) is 0 Å². The van der Waals surface area contributed by atoms with Gasteiger partial charge >= 0.3 is 6.03 Å². The zero-order valence-electron chi connectivity index (χ0n) is 23.7. The van der Waals surface area contributed by atoms with Crippen molar-refractivity contribution in [3.8, 4) is 0 Å². The maximum atomic E-state index is 11.5. The monoisotopic (exact) mass is 569 g/mol. The van der Waals surface area contributed by atoms with E-state index < -0.39 is 7.82 Å². The van der Waals surface area contributed by atoms with Gasteiger partial charge in [0.2, 0.25) is 5.91 Å². The van der Waals surface area contributed by atoms with Crippen LogP contribution in [0.4, 0.5) is 4.79 Å². The van der Waals surface area contributed by atoms with Gasteiger partial charge in [-0.15, -0.1) is 0 Å². The molecule has 13 heteroatoms. The molecule has 3 amide bonds. The first-order chi connectivity index (χ1) is 17.5. The first-order valence-electron chi connectivity index (χ1n) is 13.8. The van der Waals surface area contributed by atoms with Gasteiger partial charge in [-0.25, -0.2) is 4.79 Å². The van der Waals surface area contributed by atoms with Gasteiger partial charge in [0.25, 0.3) is 0 Å². The number of fused-ring (bicyclic) bond motifs is 1. The number of phosphoric ester groups is 1. The van der Waals surface area contributed by atoms with Crippen molar-refractivity contribution in [1.82, 2.24) is 16.0 Å². The molecule has 0 aliphatic carbocycles. The van der Waals surface area contributed by atoms with E-state index >= 15 is 0 Å². The summed E-state index contributed by atoms with van der Waals surface area (Å²) < 4.78 is 14.2. The second kappa shape index (κ2) is 21.0. The average Bonchev–Trinajstić information content (AvgIpc) is 3.41. The largest absolute Gasteiger partial charge is 0.790 e. The van der Waals surface area contributed by atoms with Crippen LogP contribution in [0.15, 0.2) is 0 Å². The number of hydrogen-bond donors (Lipinski definition) is 5. The van der Waals surface area contributed by atoms with Crippen LogP contribution >= 0.6 is 19.6 Å². The highest BCUT2D eigenvalue weighted by molar-refractivity contribution is 8.00. The molecule has 2 heterocycles. The lowest BCUT2D eigenvalue weighted by Gasteiger charge is -2.28. The van der Waals surface area contributed by atoms with Crippen LogP contribution in [0.2, 0.25) is 0 Å². The van der Waals surface area contributed by atoms with Gasteiger partial charge in [0.05, 0.1) is 65.8 Å². The number of amides is 3. The van der Waals surface area contributed by atoms with Crippen molar-refractivity contribution in [3.63, 3.8) is 0 Å². The summed E-state index contributed by atoms with van der Waals surface area (Å²) in [5, 5.41) is 8.67. The van der Waals surface area contributed by atoms with Crippen LogP contribution in [0.5, 0.6) is 0 Å². The van der Waals surface area contributed by atoms with Gasteiger partial charge in [0, 0.05) is 24.0 Å². The molecule has 1 unspecified atom stereocenters. The summed E-state index contributed by atoms with van der Waals surface area (Å²) >= 11 is 1.83. The second-order valence-corrected chi connectivity index (χ2v) is 11.5. The third kappa shape index (κ3) is 17.4. The molecule has 0 bridgehead atoms. The molecule has 220 valence electrons. The highest BCUT2D eigenvalue weighted by Gasteiger charge is 2.42. The van der Waals surface area contributed by atoms with Crippen LogP contribution in [-0.2, 0) is 13.9 Å². The molecule has 2 saturated heterocycles. The molecule has 5 N–H and O–H groups in total. The molecule has 3 atom stereocenters. The predicted octanol–water partition coefficient (Wildman–Crippen LogP) is -1.46. The zero-order chi connectivity index (χ0) is 28.3. The number of thioether (sulfide) groups is 1. The number of unbranched alkanes of at least 4 members (excludes halogenated alkanes) is 1. The van der Waals surface area contributed by atoms with Crippen LogP contribution in [0.3, 0.4) is 0 Å². The summed E-state index contributed by atoms with van der Waals surface area (Å²) in [6.07, 6.45) is 2.85. The topological polar surface area (TPSA) is 152 Å². The Morgan fingerprint density at radius 3 is 2.00 bits per heavy atom. The van der Waals surface area contributed by atoms with Crippen LogP contribution in [-0.4, -0.2) is 87.4 Å². The van der Waals surface area contributed by atoms with E-state index in [1.807, 2.05) is 11.8 Å². The molecular weight excluding hydrogens is 517 g/mol. The molecule has 2 rings (SSSR count). The van der Waals surface area contributed by atoms with Crippen molar-refractivity contribution < 1.29 is 38.3 Å². The molecule has 0 radical (unpaired) electrons. The van der Waals surface area contributed by atoms with E-state index in [9.17, 15) is 23.9 Å². The molecule has 0 aromatic carbocycles. The zero-order valence-corrected chi connectivity index (χ0v) is 25.4. The summed E-state index contributed by atoms with van der Waals surface area (Å²) in [7, 11) is -4.97. The lowest BCUT2D eigenvalue weighted by atomic mass is 10.0. The van der Waals surface area contributed by atoms with Crippen LogP contribution < -0.4 is 35.5 Å². The SMILES string of the molecule is CC[NH+](CC)CC.CC[NH+](CC)CC.O=C(CCCCC1SC[C@@H]2NC(=O)N[C@H]12)NCCOP(=O)([O-])[O-]. The van der Waals surface area contributed by atoms with Gasteiger partial charge in [0.15, 0.2) is 0 Å². The highest BCUT2D eigenvalue weighted by atomic mass is 32.2. The minimum absolute atomic E-state index is 0.00671. The molecule has 0 aromatic heterocycles. The minimum Gasteiger partial charge on any atom is -0.790 e. The molecule has 0 aromatic rings. The summed E-state index contributed by atoms with van der Waals surface area (Å²) in [5.41, 5.74) is 0. The molecule has 2 fully saturated rings. The maximum absolute atomic E-state index is 11.5. The fourth-order valence-corrected chi connectivity index (χ4v) is 6.07. The minimum atomic E-state index is -4.97. The summed E-state index contributed by atoms with van der Waals surface area (Å²) in [6, 6.07) is 0.278. The first kappa shape index (κ1) is 36.1. The van der Waals surface area contributed by atoms with E-state index in [0.29, 0.717) is 18.1 Å². The van der Waals surface area contributed by atoms with Crippen molar-refractivity contribution in [2.75, 3.05) is 58.2 Å². The van der Waals surface area contributed by atoms with E-state index in [4.69, 9.17) is 0 Å². The maximum Gasteiger partial charge on any atom is 0.315 e. The normalized spacial score (nSPS) is 20.4. The predicted molar refractivity (Wildman–Crippen MR) is 146 cm³/mol. The van der Waals surface area contributed by atoms with Crippen molar-refractivity contribution in [2.24, 2.45) is 0 Å². The molecule has 0 saturated carbocycles. The number of phosphoric acid groups is 1. The Balaban J connectivity index is 0.000000761. The third-order valence-corrected chi connectivity index (χ3v) is 8.76. The van der Waals surface area contributed by atoms with Gasteiger partial charge in [0.1, 0.15) is 0 Å². The Labute approximate surface area is 228 Å². The van der Waals surface area contributed by atoms with Crippen molar-refractivity contribution >= 4 is 31.5 Å². The quantitative estimate of drug-likeness (QED) is 0.0918. The number of quaternary nitrogens is 2. The van der Waals surface area contributed by atoms with Crippen LogP contribution in [0.25, 0.3) is 0 Å². The average molecular weight is 570 g/mol. The van der Waals surface area contributed by atoms with E-state index in [0.717, 1.165) is 18.6 Å². The highest BCUT2D eigenvalue weighted by Crippen LogP contribution is 2.33. The summed E-state index contributed by atoms with van der Waals surface area (Å²) in [4.78, 5) is 46.6. The van der Waals surface area contributed by atoms with Crippen LogP contribution in [0, 0.1) is 0 Å². The lowest BCUT2D eigenvalue weighted by molar-refractivity contribution is -0.894. The molecule has 2 aliphatic rings. The Morgan fingerprint density at radius 1 is 1.00 bits per heavy atom. The number of rotatable bonds is 15. The smallest absolute Gasteiger partial charge is 0.315 e. The lowest BCUT2D eigenvalue weighted by Crippen LogP contribution is -3.11. The number of carbonyl (C=O) groups excluding carboxylic acids is 2. The third-order valence-electron chi connectivity index (χ3n) is 6.75. The molecule has 37 heavy (non-hydrogen) atoms. The number of hydrogen-bond acceptors (Lipinski definition) is 7. The first-order valence-corrected chi connectivity index (χ1v) is 16.3. The summed E-state index contributed by atoms with van der Waals surface area (Å²) in [6.45, 7) is 20.6. The van der Waals surface area contributed by atoms with Gasteiger partial charge in [-0.05, 0) is 54.4 Å². The van der Waals surface area contributed by atoms with E-state index in [2.05, 4.69) is 62.0 Å². The van der Waals surface area contributed by atoms with Gasteiger partial charge in [-0.1, -0.05) is 6.42 Å². The van der Waals surface area contributed by atoms with Crippen LogP contribution in [0.1, 0.15) is 67.2 Å². The Kier molecular flexibility index (Phi) is 20.5. The molecule has 2 aliphatic heterocycles. The second-order valence-electron chi connectivity index (χ2n) is 9.12. The fourth-order valence-electron chi connectivity index (χ4n) is 4.21. The van der Waals surface area contributed by atoms with Crippen molar-refractivity contribution in [2.45, 2.75) is 84.6 Å². The Morgan fingerprint density at radius 2 is 1.54 bits per heavy atom. The van der Waals surface area contributed by atoms with E-state index in [1.54, 1.807) is 9.80 Å². The van der Waals surface area contributed by atoms with Gasteiger partial charge in [-0.3, -0.25) is 4.79 Å². The standard InChI is InChI=1S/C12H22N3O6PS.2C6H15N/c16-10(13-5-6-21-22(18,19)20)4-2-1-3-9-11-8(7-23-9)14-12(17)15-11;2*1-4-7(5-2)6-3/h8-9,11H,1-7H2,(H,13,16)(H2,14,15,17)(H2,18,19,20);2*4-6H2,1-3H3/t8-,9?,11-;;/m0../s1. The fraction of sp³-hybridized carbons (Fsp3) is 0.917. The summed E-state index contributed by atoms with van der Waals surface area (Å²) in [5.74, 6) is 0.714. The Hall–Kier alpha value is -0.880. The molecular formula is C24H52N5O6PS. The molecule has 11 nitrogen and oxygen atoms in total. The Bertz CT molecular complexity index is 641. The number of nitrogens with one attached hydrogen (secondary N) is 5. The van der Waals surface area contributed by atoms with Gasteiger partial charge < -0.3 is 44.6 Å². The number of urea groups is 1. The van der Waals surface area contributed by atoms with E-state index in [1.165, 1.54) is 39.3 Å².